The van der Waals surface area contributed by atoms with Gasteiger partial charge in [-0.2, -0.15) is 0 Å². The van der Waals surface area contributed by atoms with E-state index in [0.29, 0.717) is 11.3 Å². The number of rotatable bonds is 3. The minimum atomic E-state index is -0.412. The predicted octanol–water partition coefficient (Wildman–Crippen LogP) is 4.28. The summed E-state index contributed by atoms with van der Waals surface area (Å²) < 4.78 is 13.2. The van der Waals surface area contributed by atoms with Crippen LogP contribution in [-0.2, 0) is 5.33 Å². The van der Waals surface area contributed by atoms with Gasteiger partial charge in [-0.15, -0.1) is 0 Å². The summed E-state index contributed by atoms with van der Waals surface area (Å²) in [5.74, 6) is -0.714. The fraction of sp³-hybridized carbons (Fsp3) is 0.133. The second-order valence-corrected chi connectivity index (χ2v) is 4.80. The predicted molar refractivity (Wildman–Crippen MR) is 78.2 cm³/mol. The van der Waals surface area contributed by atoms with Gasteiger partial charge in [0.1, 0.15) is 5.82 Å². The number of amides is 1. The first kappa shape index (κ1) is 13.7. The number of benzene rings is 2. The maximum absolute atomic E-state index is 13.2. The average Bonchev–Trinajstić information content (AvgIpc) is 2.42. The lowest BCUT2D eigenvalue weighted by Crippen LogP contribution is -2.13. The molecule has 0 aliphatic heterocycles. The summed E-state index contributed by atoms with van der Waals surface area (Å²) in [7, 11) is 0. The number of alkyl halides is 1. The van der Waals surface area contributed by atoms with Crippen molar-refractivity contribution in [2.24, 2.45) is 0 Å². The second-order valence-electron chi connectivity index (χ2n) is 4.24. The monoisotopic (exact) mass is 321 g/mol. The molecule has 0 saturated heterocycles. The highest BCUT2D eigenvalue weighted by Gasteiger charge is 2.10. The molecule has 2 aromatic rings. The van der Waals surface area contributed by atoms with Crippen LogP contribution in [0.3, 0.4) is 0 Å². The molecule has 1 amide bonds. The summed E-state index contributed by atoms with van der Waals surface area (Å²) in [5.41, 5.74) is 2.92. The Bertz CT molecular complexity index is 596. The lowest BCUT2D eigenvalue weighted by Gasteiger charge is -2.08. The van der Waals surface area contributed by atoms with Crippen LogP contribution < -0.4 is 5.32 Å². The summed E-state index contributed by atoms with van der Waals surface area (Å²) in [5, 5.41) is 3.52. The molecule has 2 rings (SSSR count). The van der Waals surface area contributed by atoms with Crippen molar-refractivity contribution in [2.45, 2.75) is 12.3 Å². The largest absolute Gasteiger partial charge is 0.322 e. The molecule has 0 fully saturated rings. The van der Waals surface area contributed by atoms with Gasteiger partial charge in [-0.05, 0) is 42.3 Å². The molecule has 0 aliphatic rings. The molecule has 0 radical (unpaired) electrons. The number of carbonyl (C=O) groups is 1. The third kappa shape index (κ3) is 3.41. The van der Waals surface area contributed by atoms with Gasteiger partial charge in [0.2, 0.25) is 0 Å². The van der Waals surface area contributed by atoms with E-state index in [9.17, 15) is 9.18 Å². The Hall–Kier alpha value is -1.68. The molecular formula is C15H13BrFNO. The van der Waals surface area contributed by atoms with Crippen LogP contribution in [0.1, 0.15) is 21.5 Å². The summed E-state index contributed by atoms with van der Waals surface area (Å²) in [6.45, 7) is 1.78. The molecule has 0 aliphatic carbocycles. The molecule has 0 unspecified atom stereocenters. The molecule has 98 valence electrons. The first-order valence-electron chi connectivity index (χ1n) is 5.82. The maximum Gasteiger partial charge on any atom is 0.256 e. The quantitative estimate of drug-likeness (QED) is 0.840. The van der Waals surface area contributed by atoms with Crippen molar-refractivity contribution < 1.29 is 9.18 Å². The van der Waals surface area contributed by atoms with Gasteiger partial charge in [0.05, 0.1) is 0 Å². The van der Waals surface area contributed by atoms with Gasteiger partial charge in [0, 0.05) is 16.6 Å². The summed E-state index contributed by atoms with van der Waals surface area (Å²) in [6, 6.07) is 11.7. The third-order valence-electron chi connectivity index (χ3n) is 2.81. The molecule has 0 bridgehead atoms. The smallest absolute Gasteiger partial charge is 0.256 e. The Morgan fingerprint density at radius 2 is 1.89 bits per heavy atom. The van der Waals surface area contributed by atoms with E-state index < -0.39 is 5.82 Å². The fourth-order valence-electron chi connectivity index (χ4n) is 1.71. The third-order valence-corrected chi connectivity index (χ3v) is 3.46. The van der Waals surface area contributed by atoms with Crippen LogP contribution in [0.5, 0.6) is 0 Å². The second kappa shape index (κ2) is 5.97. The normalized spacial score (nSPS) is 10.3. The van der Waals surface area contributed by atoms with Crippen LogP contribution in [0, 0.1) is 12.7 Å². The summed E-state index contributed by atoms with van der Waals surface area (Å²) >= 11 is 3.36. The van der Waals surface area contributed by atoms with Gasteiger partial charge in [-0.25, -0.2) is 4.39 Å². The van der Waals surface area contributed by atoms with E-state index >= 15 is 0 Å². The Balaban J connectivity index is 2.18. The molecule has 19 heavy (non-hydrogen) atoms. The molecule has 0 heterocycles. The van der Waals surface area contributed by atoms with Gasteiger partial charge in [-0.1, -0.05) is 34.1 Å². The molecule has 4 heteroatoms. The van der Waals surface area contributed by atoms with E-state index in [1.54, 1.807) is 13.0 Å². The minimum Gasteiger partial charge on any atom is -0.322 e. The van der Waals surface area contributed by atoms with Crippen LogP contribution in [0.4, 0.5) is 10.1 Å². The van der Waals surface area contributed by atoms with Crippen molar-refractivity contribution >= 4 is 27.5 Å². The molecule has 0 atom stereocenters. The first-order chi connectivity index (χ1) is 9.10. The van der Waals surface area contributed by atoms with Crippen molar-refractivity contribution in [1.29, 1.82) is 0 Å². The number of halogens is 2. The zero-order valence-corrected chi connectivity index (χ0v) is 12.0. The van der Waals surface area contributed by atoms with Crippen molar-refractivity contribution in [3.63, 3.8) is 0 Å². The van der Waals surface area contributed by atoms with Crippen LogP contribution in [0.2, 0.25) is 0 Å². The molecule has 2 nitrogen and oxygen atoms in total. The van der Waals surface area contributed by atoms with Gasteiger partial charge in [0.25, 0.3) is 5.91 Å². The number of hydrogen-bond acceptors (Lipinski definition) is 1. The Morgan fingerprint density at radius 3 is 2.53 bits per heavy atom. The van der Waals surface area contributed by atoms with Gasteiger partial charge >= 0.3 is 0 Å². The Kier molecular flexibility index (Phi) is 4.32. The van der Waals surface area contributed by atoms with Crippen LogP contribution in [-0.4, -0.2) is 5.91 Å². The number of carbonyl (C=O) groups excluding carboxylic acids is 1. The SMILES string of the molecule is Cc1ccc(F)cc1C(=O)Nc1ccc(CBr)cc1. The van der Waals surface area contributed by atoms with E-state index in [-0.39, 0.29) is 5.91 Å². The van der Waals surface area contributed by atoms with Crippen molar-refractivity contribution in [3.8, 4) is 0 Å². The topological polar surface area (TPSA) is 29.1 Å². The van der Waals surface area contributed by atoms with Gasteiger partial charge in [-0.3, -0.25) is 4.79 Å². The standard InChI is InChI=1S/C15H13BrFNO/c1-10-2-5-12(17)8-14(10)15(19)18-13-6-3-11(9-16)4-7-13/h2-8H,9H2,1H3,(H,18,19). The molecule has 1 N–H and O–H groups in total. The Morgan fingerprint density at radius 1 is 1.21 bits per heavy atom. The molecule has 2 aromatic carbocycles. The van der Waals surface area contributed by atoms with E-state index in [2.05, 4.69) is 21.2 Å². The highest BCUT2D eigenvalue weighted by molar-refractivity contribution is 9.08. The average molecular weight is 322 g/mol. The van der Waals surface area contributed by atoms with Gasteiger partial charge in [0.15, 0.2) is 0 Å². The lowest BCUT2D eigenvalue weighted by molar-refractivity contribution is 0.102. The zero-order chi connectivity index (χ0) is 13.8. The highest BCUT2D eigenvalue weighted by Crippen LogP contribution is 2.15. The summed E-state index contributed by atoms with van der Waals surface area (Å²) in [6.07, 6.45) is 0. The number of nitrogens with one attached hydrogen (secondary N) is 1. The summed E-state index contributed by atoms with van der Waals surface area (Å²) in [4.78, 5) is 12.1. The molecular weight excluding hydrogens is 309 g/mol. The number of aryl methyl sites for hydroxylation is 1. The van der Waals surface area contributed by atoms with Crippen molar-refractivity contribution in [2.75, 3.05) is 5.32 Å². The zero-order valence-electron chi connectivity index (χ0n) is 10.4. The lowest BCUT2D eigenvalue weighted by atomic mass is 10.1. The molecule has 0 aromatic heterocycles. The van der Waals surface area contributed by atoms with E-state index in [1.165, 1.54) is 12.1 Å². The van der Waals surface area contributed by atoms with Crippen LogP contribution in [0.15, 0.2) is 42.5 Å². The van der Waals surface area contributed by atoms with Crippen molar-refractivity contribution in [3.05, 3.63) is 65.0 Å². The van der Waals surface area contributed by atoms with Crippen LogP contribution >= 0.6 is 15.9 Å². The number of anilines is 1. The van der Waals surface area contributed by atoms with E-state index in [4.69, 9.17) is 0 Å². The highest BCUT2D eigenvalue weighted by atomic mass is 79.9. The van der Waals surface area contributed by atoms with Crippen molar-refractivity contribution in [1.82, 2.24) is 0 Å². The maximum atomic E-state index is 13.2. The van der Waals surface area contributed by atoms with E-state index in [1.807, 2.05) is 24.3 Å². The van der Waals surface area contributed by atoms with Crippen LogP contribution in [0.25, 0.3) is 0 Å². The van der Waals surface area contributed by atoms with Gasteiger partial charge < -0.3 is 5.32 Å². The molecule has 0 spiro atoms. The minimum absolute atomic E-state index is 0.302. The number of hydrogen-bond donors (Lipinski definition) is 1. The fourth-order valence-corrected chi connectivity index (χ4v) is 2.09. The first-order valence-corrected chi connectivity index (χ1v) is 6.94. The Labute approximate surface area is 119 Å². The molecule has 0 saturated carbocycles. The van der Waals surface area contributed by atoms with E-state index in [0.717, 1.165) is 16.5 Å².